The van der Waals surface area contributed by atoms with Crippen LogP contribution in [-0.2, 0) is 16.2 Å². The fourth-order valence-electron chi connectivity index (χ4n) is 7.64. The van der Waals surface area contributed by atoms with Crippen LogP contribution in [0.15, 0.2) is 121 Å². The van der Waals surface area contributed by atoms with Gasteiger partial charge in [0.15, 0.2) is 0 Å². The fourth-order valence-corrected chi connectivity index (χ4v) is 7.77. The SMILES string of the molecule is COc1ccc(/C=C2\C(=O)NC(=O)N(c3cc4c5c(c3)[C@H](c3ccccc3)CCN5CC[C@H]4c3ccccc3)C2=O)c(OCc2ccc(Cl)cc2)c1. The third kappa shape index (κ3) is 6.31. The van der Waals surface area contributed by atoms with Crippen LogP contribution in [0.25, 0.3) is 6.08 Å². The highest BCUT2D eigenvalue weighted by Gasteiger charge is 2.40. The average Bonchev–Trinajstić information content (AvgIpc) is 3.17. The molecule has 0 bridgehead atoms. The number of methoxy groups -OCH3 is 1. The van der Waals surface area contributed by atoms with Gasteiger partial charge in [-0.25, -0.2) is 9.69 Å². The Hall–Kier alpha value is -5.86. The fraction of sp³-hybridized carbons (Fsp3) is 0.186. The number of benzene rings is 5. The summed E-state index contributed by atoms with van der Waals surface area (Å²) in [5.41, 5.74) is 7.27. The van der Waals surface area contributed by atoms with Gasteiger partial charge >= 0.3 is 6.03 Å². The van der Waals surface area contributed by atoms with E-state index in [0.29, 0.717) is 27.8 Å². The summed E-state index contributed by atoms with van der Waals surface area (Å²) in [4.78, 5) is 45.0. The van der Waals surface area contributed by atoms with Crippen molar-refractivity contribution in [2.45, 2.75) is 31.3 Å². The molecule has 3 aliphatic rings. The molecule has 3 aliphatic heterocycles. The van der Waals surface area contributed by atoms with Crippen molar-refractivity contribution in [3.05, 3.63) is 159 Å². The standard InChI is InChI=1S/C43H36ClN3O5/c1-51-33-17-14-30(39(25-33)52-26-27-12-15-31(44)16-13-27)22-38-41(48)45-43(50)47(42(38)49)32-23-36-34(28-8-4-2-5-9-28)18-20-46-21-19-35(37(24-32)40(36)46)29-10-6-3-7-11-29/h2-17,22-25,34-35H,18-21,26H2,1H3,(H,45,48,50)/b38-22+/t34-,35-/m0/s1. The van der Waals surface area contributed by atoms with Crippen LogP contribution in [0.1, 0.15) is 58.1 Å². The number of nitrogens with one attached hydrogen (secondary N) is 1. The van der Waals surface area contributed by atoms with Crippen molar-refractivity contribution < 1.29 is 23.9 Å². The number of halogens is 1. The molecular weight excluding hydrogens is 674 g/mol. The van der Waals surface area contributed by atoms with E-state index in [9.17, 15) is 14.4 Å². The Labute approximate surface area is 307 Å². The van der Waals surface area contributed by atoms with E-state index in [-0.39, 0.29) is 24.0 Å². The van der Waals surface area contributed by atoms with Crippen LogP contribution in [0.4, 0.5) is 16.2 Å². The maximum absolute atomic E-state index is 14.4. The van der Waals surface area contributed by atoms with Gasteiger partial charge in [0, 0.05) is 47.3 Å². The van der Waals surface area contributed by atoms with Crippen LogP contribution in [0.3, 0.4) is 0 Å². The first-order valence-electron chi connectivity index (χ1n) is 17.4. The normalized spacial score (nSPS) is 19.0. The molecule has 8 rings (SSSR count). The molecule has 3 heterocycles. The molecule has 0 radical (unpaired) electrons. The van der Waals surface area contributed by atoms with E-state index in [1.807, 2.05) is 60.7 Å². The summed E-state index contributed by atoms with van der Waals surface area (Å²) in [5, 5.41) is 3.04. The molecule has 260 valence electrons. The minimum absolute atomic E-state index is 0.0694. The van der Waals surface area contributed by atoms with Crippen LogP contribution in [0, 0.1) is 0 Å². The predicted molar refractivity (Wildman–Crippen MR) is 202 cm³/mol. The van der Waals surface area contributed by atoms with E-state index in [0.717, 1.165) is 47.5 Å². The molecule has 4 amide bonds. The van der Waals surface area contributed by atoms with Crippen molar-refractivity contribution >= 4 is 46.9 Å². The molecule has 1 N–H and O–H groups in total. The van der Waals surface area contributed by atoms with Gasteiger partial charge in [-0.1, -0.05) is 84.4 Å². The van der Waals surface area contributed by atoms with Gasteiger partial charge in [0.1, 0.15) is 23.7 Å². The van der Waals surface area contributed by atoms with Crippen LogP contribution in [-0.4, -0.2) is 38.0 Å². The smallest absolute Gasteiger partial charge is 0.335 e. The zero-order chi connectivity index (χ0) is 35.8. The lowest BCUT2D eigenvalue weighted by molar-refractivity contribution is -0.122. The van der Waals surface area contributed by atoms with Gasteiger partial charge in [-0.2, -0.15) is 0 Å². The van der Waals surface area contributed by atoms with Crippen molar-refractivity contribution in [2.24, 2.45) is 0 Å². The van der Waals surface area contributed by atoms with Gasteiger partial charge in [0.05, 0.1) is 12.8 Å². The van der Waals surface area contributed by atoms with Crippen molar-refractivity contribution in [1.29, 1.82) is 0 Å². The maximum Gasteiger partial charge on any atom is 0.335 e. The third-order valence-corrected chi connectivity index (χ3v) is 10.4. The Balaban J connectivity index is 1.21. The Kier molecular flexibility index (Phi) is 8.99. The Bertz CT molecular complexity index is 2130. The molecule has 5 aromatic rings. The molecule has 9 heteroatoms. The lowest BCUT2D eigenvalue weighted by Crippen LogP contribution is -2.54. The molecule has 1 saturated heterocycles. The summed E-state index contributed by atoms with van der Waals surface area (Å²) in [6.07, 6.45) is 3.27. The summed E-state index contributed by atoms with van der Waals surface area (Å²) in [6.45, 7) is 2.04. The van der Waals surface area contributed by atoms with Gasteiger partial charge in [0.2, 0.25) is 0 Å². The van der Waals surface area contributed by atoms with Crippen LogP contribution >= 0.6 is 11.6 Å². The molecule has 1 fully saturated rings. The second-order valence-corrected chi connectivity index (χ2v) is 13.7. The maximum atomic E-state index is 14.4. The second-order valence-electron chi connectivity index (χ2n) is 13.2. The number of anilines is 2. The quantitative estimate of drug-likeness (QED) is 0.129. The van der Waals surface area contributed by atoms with Gasteiger partial charge in [0.25, 0.3) is 11.8 Å². The number of hydrogen-bond donors (Lipinski definition) is 1. The van der Waals surface area contributed by atoms with Crippen LogP contribution in [0.5, 0.6) is 11.5 Å². The van der Waals surface area contributed by atoms with Crippen LogP contribution in [0.2, 0.25) is 5.02 Å². The van der Waals surface area contributed by atoms with Crippen LogP contribution < -0.4 is 24.6 Å². The first-order chi connectivity index (χ1) is 25.4. The number of carbonyl (C=O) groups is 3. The van der Waals surface area contributed by atoms with E-state index in [4.69, 9.17) is 21.1 Å². The highest BCUT2D eigenvalue weighted by atomic mass is 35.5. The highest BCUT2D eigenvalue weighted by molar-refractivity contribution is 6.39. The molecule has 8 nitrogen and oxygen atoms in total. The largest absolute Gasteiger partial charge is 0.497 e. The Morgan fingerprint density at radius 1 is 0.788 bits per heavy atom. The molecule has 52 heavy (non-hydrogen) atoms. The van der Waals surface area contributed by atoms with Gasteiger partial charge in [-0.15, -0.1) is 0 Å². The second kappa shape index (κ2) is 14.0. The van der Waals surface area contributed by atoms with Gasteiger partial charge in [-0.05, 0) is 83.1 Å². The molecule has 0 aliphatic carbocycles. The summed E-state index contributed by atoms with van der Waals surface area (Å²) in [6, 6.07) is 36.3. The zero-order valence-electron chi connectivity index (χ0n) is 28.6. The number of urea groups is 1. The lowest BCUT2D eigenvalue weighted by Gasteiger charge is -2.44. The number of imide groups is 2. The first-order valence-corrected chi connectivity index (χ1v) is 17.7. The first kappa shape index (κ1) is 33.3. The van der Waals surface area contributed by atoms with E-state index in [1.165, 1.54) is 22.9 Å². The summed E-state index contributed by atoms with van der Waals surface area (Å²) >= 11 is 6.06. The minimum atomic E-state index is -0.788. The van der Waals surface area contributed by atoms with Gasteiger partial charge < -0.3 is 14.4 Å². The zero-order valence-corrected chi connectivity index (χ0v) is 29.3. The molecular formula is C43H36ClN3O5. The summed E-state index contributed by atoms with van der Waals surface area (Å²) < 4.78 is 11.6. The number of ether oxygens (including phenoxy) is 2. The number of rotatable bonds is 8. The van der Waals surface area contributed by atoms with E-state index in [2.05, 4.69) is 34.5 Å². The monoisotopic (exact) mass is 709 g/mol. The molecule has 2 atom stereocenters. The number of amides is 4. The minimum Gasteiger partial charge on any atom is -0.497 e. The molecule has 0 unspecified atom stereocenters. The Morgan fingerprint density at radius 3 is 2.00 bits per heavy atom. The van der Waals surface area contributed by atoms with Crippen molar-refractivity contribution in [3.8, 4) is 11.5 Å². The number of nitrogens with zero attached hydrogens (tertiary/aromatic N) is 2. The van der Waals surface area contributed by atoms with Gasteiger partial charge in [-0.3, -0.25) is 14.9 Å². The van der Waals surface area contributed by atoms with E-state index < -0.39 is 17.8 Å². The number of barbiturate groups is 1. The molecule has 0 saturated carbocycles. The van der Waals surface area contributed by atoms with E-state index in [1.54, 1.807) is 37.4 Å². The highest BCUT2D eigenvalue weighted by Crippen LogP contribution is 2.50. The summed E-state index contributed by atoms with van der Waals surface area (Å²) in [5.74, 6) is -0.403. The molecule has 0 spiro atoms. The third-order valence-electron chi connectivity index (χ3n) is 10.2. The molecule has 5 aromatic carbocycles. The lowest BCUT2D eigenvalue weighted by atomic mass is 9.76. The van der Waals surface area contributed by atoms with Crippen molar-refractivity contribution in [1.82, 2.24) is 5.32 Å². The Morgan fingerprint density at radius 2 is 1.40 bits per heavy atom. The average molecular weight is 710 g/mol. The topological polar surface area (TPSA) is 88.2 Å². The van der Waals surface area contributed by atoms with Crippen molar-refractivity contribution in [3.63, 3.8) is 0 Å². The van der Waals surface area contributed by atoms with E-state index >= 15 is 0 Å². The number of hydrogen-bond acceptors (Lipinski definition) is 6. The number of carbonyl (C=O) groups excluding carboxylic acids is 3. The van der Waals surface area contributed by atoms with Crippen molar-refractivity contribution in [2.75, 3.05) is 30.0 Å². The summed E-state index contributed by atoms with van der Waals surface area (Å²) in [7, 11) is 1.55. The molecule has 0 aromatic heterocycles. The predicted octanol–water partition coefficient (Wildman–Crippen LogP) is 8.47.